The van der Waals surface area contributed by atoms with Crippen LogP contribution in [0.3, 0.4) is 0 Å². The molecule has 1 saturated heterocycles. The van der Waals surface area contributed by atoms with Crippen LogP contribution in [-0.4, -0.2) is 43.0 Å². The minimum absolute atomic E-state index is 0.383. The number of aliphatic hydroxyl groups is 1. The summed E-state index contributed by atoms with van der Waals surface area (Å²) >= 11 is 0. The highest BCUT2D eigenvalue weighted by molar-refractivity contribution is 5.74. The van der Waals surface area contributed by atoms with Crippen LogP contribution in [0.4, 0.5) is 0 Å². The van der Waals surface area contributed by atoms with E-state index in [1.54, 1.807) is 6.07 Å². The lowest BCUT2D eigenvalue weighted by Gasteiger charge is -2.27. The molecule has 2 rings (SSSR count). The van der Waals surface area contributed by atoms with Gasteiger partial charge >= 0.3 is 0 Å². The van der Waals surface area contributed by atoms with Crippen LogP contribution in [0.15, 0.2) is 24.3 Å². The maximum atomic E-state index is 10.2. The summed E-state index contributed by atoms with van der Waals surface area (Å²) in [4.78, 5) is 12.5. The highest BCUT2D eigenvalue weighted by Crippen LogP contribution is 2.14. The third-order valence-electron chi connectivity index (χ3n) is 3.27. The Hall–Kier alpha value is -1.19. The minimum Gasteiger partial charge on any atom is -0.396 e. The molecule has 1 N–H and O–H groups in total. The molecule has 0 bridgehead atoms. The Bertz CT molecular complexity index is 357. The van der Waals surface area contributed by atoms with E-state index < -0.39 is 0 Å². The summed E-state index contributed by atoms with van der Waals surface area (Å²) in [5.74, 6) is 0.584. The molecular formula is C15H23NO2. The van der Waals surface area contributed by atoms with E-state index in [9.17, 15) is 4.79 Å². The molecule has 0 radical (unpaired) electrons. The van der Waals surface area contributed by atoms with Gasteiger partial charge in [0.25, 0.3) is 0 Å². The number of rotatable bonds is 2. The molecule has 1 aromatic carbocycles. The molecular weight excluding hydrogens is 226 g/mol. The van der Waals surface area contributed by atoms with Gasteiger partial charge in [0.2, 0.25) is 0 Å². The number of hydrogen-bond donors (Lipinski definition) is 1. The summed E-state index contributed by atoms with van der Waals surface area (Å²) in [7, 11) is 2.13. The maximum Gasteiger partial charge on any atom is 0.150 e. The largest absolute Gasteiger partial charge is 0.396 e. The number of likely N-dealkylation sites (tertiary alicyclic amines) is 1. The average Bonchev–Trinajstić information content (AvgIpc) is 2.40. The number of aldehydes is 1. The van der Waals surface area contributed by atoms with Crippen molar-refractivity contribution in [3.63, 3.8) is 0 Å². The van der Waals surface area contributed by atoms with Gasteiger partial charge in [0.05, 0.1) is 0 Å². The molecule has 0 amide bonds. The van der Waals surface area contributed by atoms with Crippen LogP contribution in [0.2, 0.25) is 0 Å². The zero-order chi connectivity index (χ0) is 13.4. The van der Waals surface area contributed by atoms with E-state index in [-0.39, 0.29) is 0 Å². The molecule has 0 aliphatic carbocycles. The fraction of sp³-hybridized carbons (Fsp3) is 0.533. The highest BCUT2D eigenvalue weighted by Gasteiger charge is 2.14. The van der Waals surface area contributed by atoms with Crippen LogP contribution < -0.4 is 0 Å². The Balaban J connectivity index is 0.000000180. The Morgan fingerprint density at radius 3 is 2.50 bits per heavy atom. The van der Waals surface area contributed by atoms with Crippen molar-refractivity contribution >= 4 is 6.29 Å². The van der Waals surface area contributed by atoms with Gasteiger partial charge in [-0.2, -0.15) is 0 Å². The molecule has 18 heavy (non-hydrogen) atoms. The van der Waals surface area contributed by atoms with Crippen molar-refractivity contribution in [3.8, 4) is 0 Å². The van der Waals surface area contributed by atoms with Gasteiger partial charge < -0.3 is 10.0 Å². The summed E-state index contributed by atoms with van der Waals surface area (Å²) in [6.45, 7) is 4.66. The van der Waals surface area contributed by atoms with Crippen molar-refractivity contribution < 1.29 is 9.90 Å². The molecule has 1 fully saturated rings. The lowest BCUT2D eigenvalue weighted by atomic mass is 9.98. The smallest absolute Gasteiger partial charge is 0.150 e. The van der Waals surface area contributed by atoms with Gasteiger partial charge in [0, 0.05) is 12.2 Å². The van der Waals surface area contributed by atoms with Crippen LogP contribution in [0.5, 0.6) is 0 Å². The average molecular weight is 249 g/mol. The Morgan fingerprint density at radius 1 is 1.39 bits per heavy atom. The van der Waals surface area contributed by atoms with E-state index in [0.29, 0.717) is 12.5 Å². The summed E-state index contributed by atoms with van der Waals surface area (Å²) < 4.78 is 0. The minimum atomic E-state index is 0.383. The molecule has 3 nitrogen and oxygen atoms in total. The van der Waals surface area contributed by atoms with E-state index in [1.165, 1.54) is 12.8 Å². The molecule has 0 spiro atoms. The van der Waals surface area contributed by atoms with E-state index in [0.717, 1.165) is 30.5 Å². The summed E-state index contributed by atoms with van der Waals surface area (Å²) in [6.07, 6.45) is 3.20. The molecule has 1 aromatic rings. The van der Waals surface area contributed by atoms with E-state index in [4.69, 9.17) is 5.11 Å². The number of hydrogen-bond acceptors (Lipinski definition) is 3. The molecule has 0 saturated carbocycles. The number of carbonyl (C=O) groups is 1. The Kier molecular flexibility index (Phi) is 6.61. The number of aryl methyl sites for hydroxylation is 1. The van der Waals surface area contributed by atoms with E-state index in [2.05, 4.69) is 11.9 Å². The molecule has 3 heteroatoms. The predicted octanol–water partition coefficient (Wildman–Crippen LogP) is 2.13. The van der Waals surface area contributed by atoms with E-state index in [1.807, 2.05) is 25.1 Å². The van der Waals surface area contributed by atoms with Crippen molar-refractivity contribution in [2.45, 2.75) is 19.8 Å². The van der Waals surface area contributed by atoms with Crippen molar-refractivity contribution in [1.82, 2.24) is 4.90 Å². The van der Waals surface area contributed by atoms with Crippen molar-refractivity contribution in [1.29, 1.82) is 0 Å². The maximum absolute atomic E-state index is 10.2. The first kappa shape index (κ1) is 14.9. The number of nitrogens with zero attached hydrogens (tertiary/aromatic N) is 1. The van der Waals surface area contributed by atoms with Crippen molar-refractivity contribution in [2.24, 2.45) is 5.92 Å². The van der Waals surface area contributed by atoms with Gasteiger partial charge in [-0.05, 0) is 51.9 Å². The summed E-state index contributed by atoms with van der Waals surface area (Å²) in [5.41, 5.74) is 1.87. The molecule has 1 aliphatic heterocycles. The first-order valence-electron chi connectivity index (χ1n) is 6.47. The molecule has 0 atom stereocenters. The van der Waals surface area contributed by atoms with Gasteiger partial charge in [0.15, 0.2) is 0 Å². The zero-order valence-electron chi connectivity index (χ0n) is 11.3. The molecule has 100 valence electrons. The quantitative estimate of drug-likeness (QED) is 0.816. The topological polar surface area (TPSA) is 40.5 Å². The second-order valence-electron chi connectivity index (χ2n) is 4.96. The van der Waals surface area contributed by atoms with Crippen molar-refractivity contribution in [3.05, 3.63) is 35.4 Å². The van der Waals surface area contributed by atoms with Crippen LogP contribution in [0.25, 0.3) is 0 Å². The van der Waals surface area contributed by atoms with Crippen molar-refractivity contribution in [2.75, 3.05) is 26.7 Å². The SMILES string of the molecule is CN1CCC(CO)CC1.Cc1cccc(C=O)c1. The third-order valence-corrected chi connectivity index (χ3v) is 3.27. The second kappa shape index (κ2) is 8.01. The zero-order valence-corrected chi connectivity index (χ0v) is 11.3. The molecule has 1 heterocycles. The monoisotopic (exact) mass is 249 g/mol. The lowest BCUT2D eigenvalue weighted by Crippen LogP contribution is -2.31. The summed E-state index contributed by atoms with van der Waals surface area (Å²) in [5, 5.41) is 8.76. The van der Waals surface area contributed by atoms with Gasteiger partial charge in [0.1, 0.15) is 6.29 Å². The normalized spacial score (nSPS) is 16.8. The lowest BCUT2D eigenvalue weighted by molar-refractivity contribution is 0.112. The second-order valence-corrected chi connectivity index (χ2v) is 4.96. The fourth-order valence-corrected chi connectivity index (χ4v) is 1.99. The number of carbonyl (C=O) groups excluding carboxylic acids is 1. The Morgan fingerprint density at radius 2 is 2.06 bits per heavy atom. The molecule has 1 aliphatic rings. The van der Waals surface area contributed by atoms with Gasteiger partial charge in [-0.15, -0.1) is 0 Å². The van der Waals surface area contributed by atoms with Crippen LogP contribution in [0.1, 0.15) is 28.8 Å². The summed E-state index contributed by atoms with van der Waals surface area (Å²) in [6, 6.07) is 7.49. The Labute approximate surface area is 109 Å². The van der Waals surface area contributed by atoms with Gasteiger partial charge in [-0.1, -0.05) is 23.8 Å². The highest BCUT2D eigenvalue weighted by atomic mass is 16.3. The third kappa shape index (κ3) is 5.43. The van der Waals surface area contributed by atoms with Gasteiger partial charge in [-0.25, -0.2) is 0 Å². The fourth-order valence-electron chi connectivity index (χ4n) is 1.99. The predicted molar refractivity (Wildman–Crippen MR) is 73.9 cm³/mol. The van der Waals surface area contributed by atoms with Crippen LogP contribution >= 0.6 is 0 Å². The number of piperidine rings is 1. The van der Waals surface area contributed by atoms with E-state index >= 15 is 0 Å². The first-order chi connectivity index (χ1) is 8.65. The first-order valence-corrected chi connectivity index (χ1v) is 6.47. The number of benzene rings is 1. The van der Waals surface area contributed by atoms with Crippen LogP contribution in [-0.2, 0) is 0 Å². The number of aliphatic hydroxyl groups excluding tert-OH is 1. The molecule has 0 unspecified atom stereocenters. The van der Waals surface area contributed by atoms with Gasteiger partial charge in [-0.3, -0.25) is 4.79 Å². The van der Waals surface area contributed by atoms with Crippen LogP contribution in [0, 0.1) is 12.8 Å². The standard InChI is InChI=1S/C8H8O.C7H15NO/c1-7-3-2-4-8(5-7)6-9;1-8-4-2-7(6-9)3-5-8/h2-6H,1H3;7,9H,2-6H2,1H3. The molecule has 0 aromatic heterocycles.